The van der Waals surface area contributed by atoms with Crippen molar-refractivity contribution in [2.75, 3.05) is 0 Å². The molecular formula is C17H24N4O8S2. The van der Waals surface area contributed by atoms with Crippen molar-refractivity contribution in [1.82, 2.24) is 14.9 Å². The van der Waals surface area contributed by atoms with Crippen molar-refractivity contribution in [3.05, 3.63) is 22.4 Å². The number of nitrogens with zero attached hydrogens (tertiary/aromatic N) is 2. The van der Waals surface area contributed by atoms with Gasteiger partial charge in [-0.1, -0.05) is 11.2 Å². The predicted molar refractivity (Wildman–Crippen MR) is 111 cm³/mol. The Labute approximate surface area is 183 Å². The highest BCUT2D eigenvalue weighted by molar-refractivity contribution is 7.84. The molecule has 14 heteroatoms. The van der Waals surface area contributed by atoms with E-state index in [1.165, 1.54) is 25.2 Å². The highest BCUT2D eigenvalue weighted by Crippen LogP contribution is 2.23. The largest absolute Gasteiger partial charge is 0.444 e. The van der Waals surface area contributed by atoms with E-state index in [9.17, 15) is 22.8 Å². The van der Waals surface area contributed by atoms with Crippen LogP contribution in [-0.4, -0.2) is 64.8 Å². The molecule has 1 aromatic heterocycles. The SMILES string of the molecule is CC(NC(=O)OC(C)(C)C)ON=C(C(=O)N[C@@H]1C(=O)N(S(=O)(=O)O)C1C)c1cccs1. The fourth-order valence-electron chi connectivity index (χ4n) is 2.56. The molecule has 3 atom stereocenters. The molecule has 0 aliphatic carbocycles. The van der Waals surface area contributed by atoms with E-state index in [0.29, 0.717) is 4.88 Å². The third-order valence-corrected chi connectivity index (χ3v) is 5.75. The van der Waals surface area contributed by atoms with Crippen LogP contribution in [-0.2, 0) is 29.5 Å². The molecule has 1 saturated heterocycles. The van der Waals surface area contributed by atoms with Crippen molar-refractivity contribution in [3.8, 4) is 0 Å². The first kappa shape index (κ1) is 24.6. The minimum Gasteiger partial charge on any atom is -0.444 e. The van der Waals surface area contributed by atoms with Crippen LogP contribution in [0.5, 0.6) is 0 Å². The van der Waals surface area contributed by atoms with Gasteiger partial charge in [-0.05, 0) is 46.1 Å². The summed E-state index contributed by atoms with van der Waals surface area (Å²) < 4.78 is 36.8. The molecule has 31 heavy (non-hydrogen) atoms. The lowest BCUT2D eigenvalue weighted by molar-refractivity contribution is -0.143. The molecule has 2 heterocycles. The smallest absolute Gasteiger partial charge is 0.410 e. The Balaban J connectivity index is 2.08. The molecule has 0 spiro atoms. The maximum Gasteiger partial charge on any atom is 0.410 e. The van der Waals surface area contributed by atoms with Crippen LogP contribution in [0.1, 0.15) is 39.5 Å². The number of ether oxygens (including phenoxy) is 1. The summed E-state index contributed by atoms with van der Waals surface area (Å²) in [4.78, 5) is 42.1. The van der Waals surface area contributed by atoms with Crippen LogP contribution in [0.3, 0.4) is 0 Å². The van der Waals surface area contributed by atoms with Crippen LogP contribution in [0.15, 0.2) is 22.7 Å². The van der Waals surface area contributed by atoms with Gasteiger partial charge in [0.2, 0.25) is 0 Å². The average Bonchev–Trinajstić information content (AvgIpc) is 3.11. The molecule has 2 unspecified atom stereocenters. The minimum absolute atomic E-state index is 0.182. The normalized spacial score (nSPS) is 20.5. The van der Waals surface area contributed by atoms with Crippen molar-refractivity contribution < 1.29 is 36.9 Å². The van der Waals surface area contributed by atoms with E-state index in [0.717, 1.165) is 0 Å². The molecule has 3 amide bonds. The summed E-state index contributed by atoms with van der Waals surface area (Å²) in [5.74, 6) is -1.78. The molecule has 12 nitrogen and oxygen atoms in total. The number of rotatable bonds is 7. The zero-order valence-corrected chi connectivity index (χ0v) is 19.1. The number of hydrogen-bond donors (Lipinski definition) is 3. The first-order chi connectivity index (χ1) is 14.2. The van der Waals surface area contributed by atoms with E-state index in [1.807, 2.05) is 0 Å². The van der Waals surface area contributed by atoms with E-state index in [4.69, 9.17) is 14.1 Å². The zero-order valence-electron chi connectivity index (χ0n) is 17.5. The zero-order chi connectivity index (χ0) is 23.6. The Bertz CT molecular complexity index is 969. The van der Waals surface area contributed by atoms with Crippen molar-refractivity contribution in [2.24, 2.45) is 5.16 Å². The van der Waals surface area contributed by atoms with Gasteiger partial charge in [0.15, 0.2) is 11.9 Å². The summed E-state index contributed by atoms with van der Waals surface area (Å²) in [6, 6.07) is 1.11. The van der Waals surface area contributed by atoms with Gasteiger partial charge in [0.25, 0.3) is 11.8 Å². The molecule has 1 aromatic rings. The Kier molecular flexibility index (Phi) is 7.28. The van der Waals surface area contributed by atoms with Gasteiger partial charge in [0.05, 0.1) is 10.9 Å². The molecule has 1 aliphatic rings. The number of amides is 3. The van der Waals surface area contributed by atoms with Gasteiger partial charge < -0.3 is 14.9 Å². The first-order valence-corrected chi connectivity index (χ1v) is 11.4. The van der Waals surface area contributed by atoms with Gasteiger partial charge in [-0.2, -0.15) is 8.42 Å². The molecule has 172 valence electrons. The third kappa shape index (κ3) is 6.38. The van der Waals surface area contributed by atoms with Crippen LogP contribution in [0.25, 0.3) is 0 Å². The van der Waals surface area contributed by atoms with E-state index in [1.54, 1.807) is 38.3 Å². The molecule has 0 bridgehead atoms. The number of carbonyl (C=O) groups is 3. The molecule has 0 radical (unpaired) electrons. The number of carbonyl (C=O) groups excluding carboxylic acids is 3. The van der Waals surface area contributed by atoms with E-state index in [-0.39, 0.29) is 10.0 Å². The number of β-lactam (4-membered cyclic amide) rings is 1. The molecule has 1 fully saturated rings. The standard InChI is InChI=1S/C17H24N4O8S2/c1-9-12(15(23)21(9)31(25,26)27)19-14(22)13(11-7-6-8-30-11)20-29-10(2)18-16(24)28-17(3,4)5/h6-10,12H,1-5H3,(H,18,24)(H,19,22)(H,25,26,27)/t9?,10?,12-/m0/s1. The Morgan fingerprint density at radius 3 is 2.48 bits per heavy atom. The maximum absolute atomic E-state index is 12.7. The predicted octanol–water partition coefficient (Wildman–Crippen LogP) is 0.858. The van der Waals surface area contributed by atoms with Crippen LogP contribution in [0.4, 0.5) is 4.79 Å². The second kappa shape index (κ2) is 9.20. The quantitative estimate of drug-likeness (QED) is 0.171. The fourth-order valence-corrected chi connectivity index (χ4v) is 4.14. The molecule has 1 aliphatic heterocycles. The summed E-state index contributed by atoms with van der Waals surface area (Å²) >= 11 is 1.18. The summed E-state index contributed by atoms with van der Waals surface area (Å²) in [5, 5.41) is 10.3. The van der Waals surface area contributed by atoms with Crippen molar-refractivity contribution in [3.63, 3.8) is 0 Å². The topological polar surface area (TPSA) is 164 Å². The van der Waals surface area contributed by atoms with Crippen LogP contribution in [0, 0.1) is 0 Å². The highest BCUT2D eigenvalue weighted by atomic mass is 32.2. The lowest BCUT2D eigenvalue weighted by atomic mass is 10.0. The molecule has 3 N–H and O–H groups in total. The average molecular weight is 477 g/mol. The number of alkyl carbamates (subject to hydrolysis) is 1. The third-order valence-electron chi connectivity index (χ3n) is 3.86. The lowest BCUT2D eigenvalue weighted by Crippen LogP contribution is -2.71. The van der Waals surface area contributed by atoms with E-state index >= 15 is 0 Å². The van der Waals surface area contributed by atoms with Gasteiger partial charge in [-0.25, -0.2) is 9.10 Å². The van der Waals surface area contributed by atoms with Crippen molar-refractivity contribution in [1.29, 1.82) is 0 Å². The van der Waals surface area contributed by atoms with Gasteiger partial charge in [-0.15, -0.1) is 11.3 Å². The highest BCUT2D eigenvalue weighted by Gasteiger charge is 2.51. The van der Waals surface area contributed by atoms with Gasteiger partial charge in [0.1, 0.15) is 11.6 Å². The summed E-state index contributed by atoms with van der Waals surface area (Å²) in [7, 11) is -4.72. The fraction of sp³-hybridized carbons (Fsp3) is 0.529. The van der Waals surface area contributed by atoms with Gasteiger partial charge in [-0.3, -0.25) is 19.5 Å². The van der Waals surface area contributed by atoms with E-state index < -0.39 is 52.1 Å². The molecule has 0 saturated carbocycles. The lowest BCUT2D eigenvalue weighted by Gasteiger charge is -2.42. The summed E-state index contributed by atoms with van der Waals surface area (Å²) in [6.07, 6.45) is -1.69. The molecule has 0 aromatic carbocycles. The van der Waals surface area contributed by atoms with Gasteiger partial charge in [0, 0.05) is 0 Å². The summed E-state index contributed by atoms with van der Waals surface area (Å²) in [5.41, 5.74) is -0.894. The number of thiophene rings is 1. The Hall–Kier alpha value is -2.71. The van der Waals surface area contributed by atoms with Crippen LogP contribution >= 0.6 is 11.3 Å². The number of hydrogen-bond acceptors (Lipinski definition) is 9. The summed E-state index contributed by atoms with van der Waals surface area (Å²) in [6.45, 7) is 7.91. The molecule has 2 rings (SSSR count). The van der Waals surface area contributed by atoms with Crippen molar-refractivity contribution in [2.45, 2.75) is 58.5 Å². The number of nitrogens with one attached hydrogen (secondary N) is 2. The monoisotopic (exact) mass is 476 g/mol. The van der Waals surface area contributed by atoms with Crippen LogP contribution < -0.4 is 10.6 Å². The van der Waals surface area contributed by atoms with Crippen LogP contribution in [0.2, 0.25) is 0 Å². The Morgan fingerprint density at radius 2 is 2.00 bits per heavy atom. The second-order valence-corrected chi connectivity index (χ2v) is 9.85. The second-order valence-electron chi connectivity index (χ2n) is 7.61. The molecular weight excluding hydrogens is 452 g/mol. The first-order valence-electron chi connectivity index (χ1n) is 9.09. The van der Waals surface area contributed by atoms with Gasteiger partial charge >= 0.3 is 16.4 Å². The maximum atomic E-state index is 12.7. The Morgan fingerprint density at radius 1 is 1.35 bits per heavy atom. The minimum atomic E-state index is -4.72. The number of oxime groups is 1. The van der Waals surface area contributed by atoms with Crippen molar-refractivity contribution >= 4 is 45.3 Å². The van der Waals surface area contributed by atoms with E-state index in [2.05, 4.69) is 15.8 Å².